The number of aliphatic carboxylic acids is 1. The van der Waals surface area contributed by atoms with Gasteiger partial charge < -0.3 is 14.9 Å². The Kier molecular flexibility index (Phi) is 6.53. The van der Waals surface area contributed by atoms with Gasteiger partial charge in [0.2, 0.25) is 6.17 Å². The number of rotatable bonds is 4. The van der Waals surface area contributed by atoms with Crippen molar-refractivity contribution in [2.75, 3.05) is 26.9 Å². The van der Waals surface area contributed by atoms with Gasteiger partial charge in [0, 0.05) is 26.0 Å². The number of nitrogens with zero attached hydrogens (tertiary/aromatic N) is 6. The van der Waals surface area contributed by atoms with E-state index in [-0.39, 0.29) is 10.2 Å². The van der Waals surface area contributed by atoms with Crippen LogP contribution >= 0.6 is 0 Å². The molecular formula is C14H22F4N6O2. The molecule has 3 rings (SSSR count). The molecule has 1 N–H and O–H groups in total. The monoisotopic (exact) mass is 382 g/mol. The van der Waals surface area contributed by atoms with Crippen LogP contribution in [0, 0.1) is 0 Å². The van der Waals surface area contributed by atoms with Crippen LogP contribution in [0.15, 0.2) is 24.3 Å². The molecule has 12 heteroatoms. The highest BCUT2D eigenvalue weighted by molar-refractivity contribution is 5.73. The van der Waals surface area contributed by atoms with Crippen LogP contribution < -0.4 is 0 Å². The van der Waals surface area contributed by atoms with Gasteiger partial charge in [0.1, 0.15) is 12.4 Å². The zero-order chi connectivity index (χ0) is 19.4. The lowest BCUT2D eigenvalue weighted by molar-refractivity contribution is -0.223. The minimum Gasteiger partial charge on any atom is -0.479 e. The second-order valence-corrected chi connectivity index (χ2v) is 6.09. The molecule has 0 radical (unpaired) electrons. The molecule has 0 amide bonds. The number of hydrogen-bond acceptors (Lipinski definition) is 7. The van der Waals surface area contributed by atoms with E-state index >= 15 is 0 Å². The van der Waals surface area contributed by atoms with Crippen LogP contribution in [0.4, 0.5) is 17.9 Å². The van der Waals surface area contributed by atoms with Crippen molar-refractivity contribution in [1.29, 1.82) is 0 Å². The van der Waals surface area contributed by atoms with Gasteiger partial charge in [-0.2, -0.15) is 10.2 Å². The summed E-state index contributed by atoms with van der Waals surface area (Å²) < 4.78 is 52.4. The molecule has 148 valence electrons. The van der Waals surface area contributed by atoms with Gasteiger partial charge in [-0.1, -0.05) is 32.6 Å². The molecule has 3 aliphatic heterocycles. The Labute approximate surface area is 148 Å². The average molecular weight is 382 g/mol. The lowest BCUT2D eigenvalue weighted by atomic mass is 10.3. The molecule has 0 aromatic carbocycles. The van der Waals surface area contributed by atoms with Gasteiger partial charge in [-0.15, -0.1) is 8.96 Å². The lowest BCUT2D eigenvalue weighted by Crippen LogP contribution is -2.54. The van der Waals surface area contributed by atoms with Crippen molar-refractivity contribution in [3.8, 4) is 0 Å². The highest BCUT2D eigenvalue weighted by Gasteiger charge is 2.51. The average Bonchev–Trinajstić information content (AvgIpc) is 3.09. The zero-order valence-electron chi connectivity index (χ0n) is 14.5. The van der Waals surface area contributed by atoms with Gasteiger partial charge in [-0.3, -0.25) is 0 Å². The molecule has 2 atom stereocenters. The van der Waals surface area contributed by atoms with Gasteiger partial charge >= 0.3 is 5.97 Å². The first-order valence-corrected chi connectivity index (χ1v) is 8.07. The maximum absolute atomic E-state index is 13.4. The SMILES string of the molecule is CCCCN1C=CN(C)C1.O=C(O)C1N(F)C=C2C(N(F)CN2F)N1F. The molecule has 3 heterocycles. The fraction of sp³-hybridized carbons (Fsp3) is 0.643. The Bertz CT molecular complexity index is 566. The van der Waals surface area contributed by atoms with Crippen LogP contribution in [0.2, 0.25) is 0 Å². The minimum atomic E-state index is -2.33. The highest BCUT2D eigenvalue weighted by atomic mass is 19.2. The van der Waals surface area contributed by atoms with Gasteiger partial charge in [0.25, 0.3) is 0 Å². The first-order valence-electron chi connectivity index (χ1n) is 8.07. The smallest absolute Gasteiger partial charge is 0.346 e. The number of unbranched alkanes of at least 4 members (excludes halogenated alkanes) is 1. The van der Waals surface area contributed by atoms with Crippen molar-refractivity contribution in [2.24, 2.45) is 0 Å². The van der Waals surface area contributed by atoms with E-state index in [4.69, 9.17) is 5.11 Å². The Morgan fingerprint density at radius 1 is 1.23 bits per heavy atom. The summed E-state index contributed by atoms with van der Waals surface area (Å²) in [4.78, 5) is 15.0. The van der Waals surface area contributed by atoms with E-state index < -0.39 is 40.9 Å². The molecule has 26 heavy (non-hydrogen) atoms. The van der Waals surface area contributed by atoms with Crippen LogP contribution in [0.25, 0.3) is 0 Å². The summed E-state index contributed by atoms with van der Waals surface area (Å²) in [6, 6.07) is 0. The predicted molar refractivity (Wildman–Crippen MR) is 83.3 cm³/mol. The van der Waals surface area contributed by atoms with Crippen molar-refractivity contribution in [3.63, 3.8) is 0 Å². The Hall–Kier alpha value is -2.21. The summed E-state index contributed by atoms with van der Waals surface area (Å²) in [5.41, 5.74) is -0.648. The van der Waals surface area contributed by atoms with E-state index in [1.807, 2.05) is 0 Å². The molecule has 0 saturated carbocycles. The quantitative estimate of drug-likeness (QED) is 0.583. The number of hydrogen-bond donors (Lipinski definition) is 1. The van der Waals surface area contributed by atoms with E-state index in [9.17, 15) is 22.7 Å². The van der Waals surface area contributed by atoms with Gasteiger partial charge in [0.15, 0.2) is 6.17 Å². The van der Waals surface area contributed by atoms with Crippen molar-refractivity contribution in [3.05, 3.63) is 24.3 Å². The van der Waals surface area contributed by atoms with Gasteiger partial charge in [-0.05, 0) is 6.42 Å². The third-order valence-corrected chi connectivity index (χ3v) is 3.98. The van der Waals surface area contributed by atoms with E-state index in [1.54, 1.807) is 0 Å². The highest BCUT2D eigenvalue weighted by Crippen LogP contribution is 2.34. The summed E-state index contributed by atoms with van der Waals surface area (Å²) in [6.45, 7) is 3.58. The van der Waals surface area contributed by atoms with Crippen molar-refractivity contribution in [2.45, 2.75) is 32.1 Å². The number of carboxylic acids is 1. The first kappa shape index (κ1) is 20.1. The third kappa shape index (κ3) is 4.30. The maximum atomic E-state index is 13.4. The van der Waals surface area contributed by atoms with Crippen molar-refractivity contribution in [1.82, 2.24) is 30.3 Å². The Balaban J connectivity index is 0.000000209. The molecule has 2 unspecified atom stereocenters. The fourth-order valence-corrected chi connectivity index (χ4v) is 2.66. The van der Waals surface area contributed by atoms with Crippen LogP contribution in [0.5, 0.6) is 0 Å². The summed E-state index contributed by atoms with van der Waals surface area (Å²) >= 11 is 0. The van der Waals surface area contributed by atoms with E-state index in [2.05, 4.69) is 36.2 Å². The third-order valence-electron chi connectivity index (χ3n) is 3.98. The molecule has 0 aliphatic carbocycles. The molecule has 1 saturated heterocycles. The maximum Gasteiger partial charge on any atom is 0.346 e. The number of carbonyl (C=O) groups is 1. The lowest BCUT2D eigenvalue weighted by Gasteiger charge is -2.33. The van der Waals surface area contributed by atoms with E-state index in [0.717, 1.165) is 6.67 Å². The van der Waals surface area contributed by atoms with Gasteiger partial charge in [-0.25, -0.2) is 4.79 Å². The Morgan fingerprint density at radius 2 is 1.92 bits per heavy atom. The normalized spacial score (nSPS) is 26.0. The number of fused-ring (bicyclic) bond motifs is 1. The largest absolute Gasteiger partial charge is 0.479 e. The summed E-state index contributed by atoms with van der Waals surface area (Å²) in [7, 11) is 2.10. The second kappa shape index (κ2) is 8.45. The standard InChI is InChI=1S/C8H16N2.C6H6F4N4O2/c1-3-4-5-10-7-6-9(2)8-10;7-11-1-3-4(13(9)2-12(3)8)14(10)5(11)6(15)16/h6-7H,3-5,8H2,1-2H3;1,4-5H,2H2,(H,15,16). The van der Waals surface area contributed by atoms with Crippen LogP contribution in [0.1, 0.15) is 19.8 Å². The van der Waals surface area contributed by atoms with Crippen LogP contribution in [-0.2, 0) is 4.79 Å². The molecule has 1 fully saturated rings. The number of halogens is 4. The molecule has 3 aliphatic rings. The van der Waals surface area contributed by atoms with E-state index in [1.165, 1.54) is 19.4 Å². The first-order chi connectivity index (χ1) is 12.3. The fourth-order valence-electron chi connectivity index (χ4n) is 2.66. The second-order valence-electron chi connectivity index (χ2n) is 6.09. The molecule has 0 bridgehead atoms. The van der Waals surface area contributed by atoms with Crippen molar-refractivity contribution < 1.29 is 27.8 Å². The summed E-state index contributed by atoms with van der Waals surface area (Å²) in [6.07, 6.45) is 3.05. The van der Waals surface area contributed by atoms with Crippen molar-refractivity contribution >= 4 is 5.97 Å². The van der Waals surface area contributed by atoms with Crippen LogP contribution in [0.3, 0.4) is 0 Å². The zero-order valence-corrected chi connectivity index (χ0v) is 14.5. The molecule has 8 nitrogen and oxygen atoms in total. The predicted octanol–water partition coefficient (Wildman–Crippen LogP) is 1.76. The summed E-state index contributed by atoms with van der Waals surface area (Å²) in [5, 5.41) is 6.85. The Morgan fingerprint density at radius 3 is 2.46 bits per heavy atom. The van der Waals surface area contributed by atoms with Crippen LogP contribution in [-0.4, -0.2) is 80.6 Å². The molecule has 0 aromatic heterocycles. The molecular weight excluding hydrogens is 360 g/mol. The molecule has 0 spiro atoms. The topological polar surface area (TPSA) is 56.7 Å². The minimum absolute atomic E-state index is 0.220. The van der Waals surface area contributed by atoms with E-state index in [0.29, 0.717) is 6.20 Å². The molecule has 0 aromatic rings. The van der Waals surface area contributed by atoms with Gasteiger partial charge in [0.05, 0.1) is 12.9 Å². The summed E-state index contributed by atoms with van der Waals surface area (Å²) in [5.74, 6) is -1.86. The number of carboxylic acid groups (broad SMARTS) is 1.